The molecule has 0 radical (unpaired) electrons. The molecule has 7 rings (SSSR count). The summed E-state index contributed by atoms with van der Waals surface area (Å²) in [6, 6.07) is 5.60. The highest BCUT2D eigenvalue weighted by atomic mass is 19.1. The van der Waals surface area contributed by atoms with Crippen LogP contribution in [0.4, 0.5) is 4.39 Å². The lowest BCUT2D eigenvalue weighted by atomic mass is 9.63. The first-order chi connectivity index (χ1) is 22.7. The van der Waals surface area contributed by atoms with E-state index in [0.717, 1.165) is 39.0 Å². The number of benzene rings is 1. The summed E-state index contributed by atoms with van der Waals surface area (Å²) in [5.41, 5.74) is 0.967. The summed E-state index contributed by atoms with van der Waals surface area (Å²) in [7, 11) is 4.00. The van der Waals surface area contributed by atoms with Gasteiger partial charge in [0.1, 0.15) is 6.17 Å². The highest BCUT2D eigenvalue weighted by Gasteiger charge is 2.61. The van der Waals surface area contributed by atoms with Crippen LogP contribution in [-0.2, 0) is 14.3 Å². The second kappa shape index (κ2) is 13.5. The number of likely N-dealkylation sites (tertiary alicyclic amines) is 1. The fourth-order valence-corrected chi connectivity index (χ4v) is 9.16. The number of hydrogen-bond acceptors (Lipinski definition) is 9. The highest BCUT2D eigenvalue weighted by molar-refractivity contribution is 6.20. The molecule has 0 bridgehead atoms. The molecule has 11 heteroatoms. The lowest BCUT2D eigenvalue weighted by Gasteiger charge is -2.60. The van der Waals surface area contributed by atoms with Crippen molar-refractivity contribution in [1.29, 1.82) is 0 Å². The van der Waals surface area contributed by atoms with E-state index >= 15 is 4.39 Å². The quantitative estimate of drug-likeness (QED) is 0.291. The van der Waals surface area contributed by atoms with Crippen molar-refractivity contribution in [2.75, 3.05) is 53.4 Å². The number of ketones is 3. The molecule has 47 heavy (non-hydrogen) atoms. The van der Waals surface area contributed by atoms with E-state index in [0.29, 0.717) is 37.1 Å². The van der Waals surface area contributed by atoms with Crippen molar-refractivity contribution in [3.63, 3.8) is 0 Å². The van der Waals surface area contributed by atoms with Crippen molar-refractivity contribution < 1.29 is 28.3 Å². The summed E-state index contributed by atoms with van der Waals surface area (Å²) < 4.78 is 23.0. The van der Waals surface area contributed by atoms with E-state index in [1.165, 1.54) is 12.8 Å². The van der Waals surface area contributed by atoms with Gasteiger partial charge in [0.05, 0.1) is 35.9 Å². The lowest BCUT2D eigenvalue weighted by molar-refractivity contribution is -0.202. The van der Waals surface area contributed by atoms with Crippen molar-refractivity contribution in [2.45, 2.75) is 81.5 Å². The molecule has 9 atom stereocenters. The number of fused-ring (bicyclic) bond motifs is 4. The minimum atomic E-state index is -1.34. The summed E-state index contributed by atoms with van der Waals surface area (Å²) in [5.74, 6) is -2.63. The van der Waals surface area contributed by atoms with Gasteiger partial charge in [-0.05, 0) is 78.7 Å². The van der Waals surface area contributed by atoms with Crippen LogP contribution in [0.3, 0.4) is 0 Å². The zero-order valence-corrected chi connectivity index (χ0v) is 27.5. The molecule has 3 aliphatic heterocycles. The Labute approximate surface area is 276 Å². The molecule has 3 aliphatic carbocycles. The van der Waals surface area contributed by atoms with Gasteiger partial charge < -0.3 is 30.1 Å². The third kappa shape index (κ3) is 6.09. The number of unbranched alkanes of at least 4 members (excludes halogenated alkanes) is 1. The Balaban J connectivity index is 1.17. The first-order valence-electron chi connectivity index (χ1n) is 17.6. The van der Waals surface area contributed by atoms with E-state index in [-0.39, 0.29) is 35.4 Å². The van der Waals surface area contributed by atoms with Gasteiger partial charge in [0.15, 0.2) is 17.3 Å². The number of morpholine rings is 1. The van der Waals surface area contributed by atoms with Gasteiger partial charge in [-0.25, -0.2) is 4.39 Å². The first kappa shape index (κ1) is 32.6. The summed E-state index contributed by atoms with van der Waals surface area (Å²) in [4.78, 5) is 61.5. The molecular weight excluding hydrogens is 601 g/mol. The van der Waals surface area contributed by atoms with Gasteiger partial charge in [-0.3, -0.25) is 19.2 Å². The van der Waals surface area contributed by atoms with Crippen LogP contribution in [0.25, 0.3) is 0 Å². The molecule has 9 unspecified atom stereocenters. The highest BCUT2D eigenvalue weighted by Crippen LogP contribution is 2.49. The number of nitrogens with one attached hydrogen (secondary N) is 2. The van der Waals surface area contributed by atoms with Gasteiger partial charge in [-0.15, -0.1) is 0 Å². The molecule has 0 spiro atoms. The number of rotatable bonds is 10. The molecule has 2 saturated carbocycles. The summed E-state index contributed by atoms with van der Waals surface area (Å²) >= 11 is 0. The summed E-state index contributed by atoms with van der Waals surface area (Å²) in [5, 5.41) is 6.39. The van der Waals surface area contributed by atoms with Crippen LogP contribution in [0, 0.1) is 17.8 Å². The number of hydrogen-bond donors (Lipinski definition) is 2. The maximum Gasteiger partial charge on any atom is 0.256 e. The first-order valence-corrected chi connectivity index (χ1v) is 17.6. The average molecular weight is 650 g/mol. The third-order valence-corrected chi connectivity index (χ3v) is 11.5. The van der Waals surface area contributed by atoms with Crippen LogP contribution >= 0.6 is 0 Å². The number of halogens is 1. The van der Waals surface area contributed by atoms with Crippen molar-refractivity contribution in [3.8, 4) is 0 Å². The predicted molar refractivity (Wildman–Crippen MR) is 174 cm³/mol. The fraction of sp³-hybridized carbons (Fsp3) is 0.667. The zero-order valence-electron chi connectivity index (χ0n) is 27.5. The lowest BCUT2D eigenvalue weighted by Crippen LogP contribution is -2.74. The van der Waals surface area contributed by atoms with Gasteiger partial charge in [-0.1, -0.05) is 24.3 Å². The Morgan fingerprint density at radius 3 is 2.34 bits per heavy atom. The summed E-state index contributed by atoms with van der Waals surface area (Å²) in [6.07, 6.45) is 4.01. The molecule has 10 nitrogen and oxygen atoms in total. The number of ether oxygens (including phenoxy) is 1. The van der Waals surface area contributed by atoms with Crippen molar-refractivity contribution in [3.05, 3.63) is 47.2 Å². The minimum Gasteiger partial charge on any atom is -0.369 e. The summed E-state index contributed by atoms with van der Waals surface area (Å²) in [6.45, 7) is 4.86. The van der Waals surface area contributed by atoms with E-state index < -0.39 is 54.1 Å². The second-order valence-electron chi connectivity index (χ2n) is 14.7. The van der Waals surface area contributed by atoms with Crippen LogP contribution in [0.1, 0.15) is 65.7 Å². The Morgan fingerprint density at radius 1 is 0.936 bits per heavy atom. The molecule has 3 heterocycles. The van der Waals surface area contributed by atoms with Gasteiger partial charge >= 0.3 is 0 Å². The molecule has 1 amide bonds. The van der Waals surface area contributed by atoms with E-state index in [2.05, 4.69) is 25.3 Å². The van der Waals surface area contributed by atoms with Crippen LogP contribution < -0.4 is 10.6 Å². The Morgan fingerprint density at radius 2 is 1.64 bits per heavy atom. The smallest absolute Gasteiger partial charge is 0.256 e. The minimum absolute atomic E-state index is 0.00290. The Kier molecular flexibility index (Phi) is 9.34. The fourth-order valence-electron chi connectivity index (χ4n) is 9.16. The SMILES string of the molecule is CN(C)CCCCNC(=O)C1=CN2C3CC4C(=O)c5ccccc5C(=O)C4CC3OC3C(NCCN4CCCC4)C(F)CC(C1=O)C32. The normalized spacial score (nSPS) is 34.8. The Bertz CT molecular complexity index is 1430. The molecule has 4 fully saturated rings. The van der Waals surface area contributed by atoms with Gasteiger partial charge in [0.2, 0.25) is 0 Å². The molecule has 2 saturated heterocycles. The van der Waals surface area contributed by atoms with Gasteiger partial charge in [0, 0.05) is 54.7 Å². The standard InChI is InChI=1S/C36H48FN5O5/c1-40(2)13-6-5-11-39-36(46)26-20-42-28-18-23-24(33(44)22-10-4-3-9-21(22)32(23)43)19-29(28)47-35-30(38-12-16-41-14-7-8-15-41)27(37)17-25(31(35)42)34(26)45/h3-4,9-10,20,23-25,27-31,35,38H,5-8,11-19H2,1-2H3,(H,39,46). The van der Waals surface area contributed by atoms with Crippen molar-refractivity contribution >= 4 is 23.3 Å². The van der Waals surface area contributed by atoms with Crippen LogP contribution in [-0.4, -0.2) is 128 Å². The van der Waals surface area contributed by atoms with Gasteiger partial charge in [0.25, 0.3) is 5.91 Å². The average Bonchev–Trinajstić information content (AvgIpc) is 3.58. The number of carbonyl (C=O) groups excluding carboxylic acids is 4. The largest absolute Gasteiger partial charge is 0.369 e. The number of amides is 1. The van der Waals surface area contributed by atoms with Crippen LogP contribution in [0.2, 0.25) is 0 Å². The van der Waals surface area contributed by atoms with Crippen molar-refractivity contribution in [1.82, 2.24) is 25.3 Å². The molecule has 254 valence electrons. The van der Waals surface area contributed by atoms with E-state index in [1.54, 1.807) is 30.5 Å². The Hall–Kier alpha value is -2.99. The number of alkyl halides is 1. The predicted octanol–water partition coefficient (Wildman–Crippen LogP) is 2.24. The number of Topliss-reactive ketones (excluding diaryl/α,β-unsaturated/α-hetero) is 3. The monoisotopic (exact) mass is 649 g/mol. The molecule has 2 N–H and O–H groups in total. The van der Waals surface area contributed by atoms with Crippen LogP contribution in [0.15, 0.2) is 36.0 Å². The molecule has 1 aromatic rings. The topological polar surface area (TPSA) is 111 Å². The van der Waals surface area contributed by atoms with Crippen molar-refractivity contribution in [2.24, 2.45) is 17.8 Å². The zero-order chi connectivity index (χ0) is 32.8. The van der Waals surface area contributed by atoms with Crippen LogP contribution in [0.5, 0.6) is 0 Å². The maximum atomic E-state index is 16.2. The van der Waals surface area contributed by atoms with E-state index in [1.807, 2.05) is 14.1 Å². The van der Waals surface area contributed by atoms with Gasteiger partial charge in [-0.2, -0.15) is 0 Å². The second-order valence-corrected chi connectivity index (χ2v) is 14.7. The molecule has 6 aliphatic rings. The van der Waals surface area contributed by atoms with E-state index in [4.69, 9.17) is 4.74 Å². The molecule has 1 aromatic carbocycles. The number of nitrogens with zero attached hydrogens (tertiary/aromatic N) is 3. The van der Waals surface area contributed by atoms with E-state index in [9.17, 15) is 19.2 Å². The molecular formula is C36H48FN5O5. The molecule has 0 aromatic heterocycles. The third-order valence-electron chi connectivity index (χ3n) is 11.5. The number of carbonyl (C=O) groups is 4. The maximum absolute atomic E-state index is 16.2.